The Morgan fingerprint density at radius 1 is 1.36 bits per heavy atom. The zero-order valence-corrected chi connectivity index (χ0v) is 15.5. The zero-order valence-electron chi connectivity index (χ0n) is 11.7. The second kappa shape index (κ2) is 6.95. The number of aromatic nitrogens is 1. The third-order valence-corrected chi connectivity index (χ3v) is 4.78. The highest BCUT2D eigenvalue weighted by Crippen LogP contribution is 2.25. The van der Waals surface area contributed by atoms with E-state index in [1.54, 1.807) is 6.20 Å². The number of ether oxygens (including phenoxy) is 1. The minimum absolute atomic E-state index is 0.0158. The van der Waals surface area contributed by atoms with Crippen LogP contribution in [0.4, 0.5) is 0 Å². The number of carbonyl (C=O) groups excluding carboxylic acids is 1. The molecule has 1 amide bonds. The van der Waals surface area contributed by atoms with Gasteiger partial charge in [-0.05, 0) is 68.9 Å². The fourth-order valence-corrected chi connectivity index (χ4v) is 3.32. The second-order valence-corrected chi connectivity index (χ2v) is 7.18. The van der Waals surface area contributed by atoms with E-state index in [0.717, 1.165) is 20.0 Å². The maximum Gasteiger partial charge on any atom is 0.254 e. The van der Waals surface area contributed by atoms with Crippen molar-refractivity contribution in [1.29, 1.82) is 0 Å². The van der Waals surface area contributed by atoms with Crippen LogP contribution in [0.25, 0.3) is 0 Å². The highest BCUT2D eigenvalue weighted by Gasteiger charge is 2.28. The Morgan fingerprint density at radius 2 is 2.23 bits per heavy atom. The van der Waals surface area contributed by atoms with E-state index in [2.05, 4.69) is 43.5 Å². The molecule has 0 N–H and O–H groups in total. The van der Waals surface area contributed by atoms with Crippen molar-refractivity contribution in [2.24, 2.45) is 0 Å². The lowest BCUT2D eigenvalue weighted by Gasteiger charge is -2.17. The maximum absolute atomic E-state index is 12.5. The average molecular weight is 473 g/mol. The Bertz CT molecular complexity index is 695. The third kappa shape index (κ3) is 3.60. The molecule has 22 heavy (non-hydrogen) atoms. The molecule has 1 aliphatic heterocycles. The van der Waals surface area contributed by atoms with Crippen LogP contribution < -0.4 is 4.74 Å². The van der Waals surface area contributed by atoms with Gasteiger partial charge in [0.05, 0.1) is 11.0 Å². The van der Waals surface area contributed by atoms with Crippen LogP contribution in [0.15, 0.2) is 47.1 Å². The van der Waals surface area contributed by atoms with E-state index < -0.39 is 0 Å². The average Bonchev–Trinajstić information content (AvgIpc) is 2.97. The Labute approximate surface area is 151 Å². The standard InChI is InChI=1S/C16H14BrIN2O2/c17-14-5-2-7-19-15(14)22-13-6-8-20(10-13)16(21)11-3-1-4-12(18)9-11/h1-5,7,9,13H,6,8,10H2. The Hall–Kier alpha value is -1.15. The molecule has 4 nitrogen and oxygen atoms in total. The summed E-state index contributed by atoms with van der Waals surface area (Å²) in [5.41, 5.74) is 0.728. The number of benzene rings is 1. The first-order chi connectivity index (χ1) is 10.6. The molecule has 2 heterocycles. The monoisotopic (exact) mass is 472 g/mol. The number of likely N-dealkylation sites (tertiary alicyclic amines) is 1. The molecule has 1 aliphatic rings. The molecule has 3 rings (SSSR count). The molecule has 1 aromatic carbocycles. The summed E-state index contributed by atoms with van der Waals surface area (Å²) in [7, 11) is 0. The van der Waals surface area contributed by atoms with E-state index >= 15 is 0 Å². The van der Waals surface area contributed by atoms with Crippen LogP contribution in [0.5, 0.6) is 5.88 Å². The molecule has 1 fully saturated rings. The Morgan fingerprint density at radius 3 is 3.00 bits per heavy atom. The highest BCUT2D eigenvalue weighted by atomic mass is 127. The molecular weight excluding hydrogens is 459 g/mol. The normalized spacial score (nSPS) is 17.5. The molecule has 114 valence electrons. The number of pyridine rings is 1. The van der Waals surface area contributed by atoms with Crippen molar-refractivity contribution in [2.75, 3.05) is 13.1 Å². The summed E-state index contributed by atoms with van der Waals surface area (Å²) < 4.78 is 7.79. The van der Waals surface area contributed by atoms with Gasteiger partial charge in [0, 0.05) is 28.3 Å². The van der Waals surface area contributed by atoms with Gasteiger partial charge in [-0.25, -0.2) is 4.98 Å². The lowest BCUT2D eigenvalue weighted by Crippen LogP contribution is -2.31. The van der Waals surface area contributed by atoms with Gasteiger partial charge in [-0.1, -0.05) is 6.07 Å². The van der Waals surface area contributed by atoms with Crippen LogP contribution in [-0.2, 0) is 0 Å². The van der Waals surface area contributed by atoms with Crippen LogP contribution in [0.2, 0.25) is 0 Å². The van der Waals surface area contributed by atoms with Gasteiger partial charge in [0.1, 0.15) is 6.10 Å². The molecule has 1 saturated heterocycles. The fraction of sp³-hybridized carbons (Fsp3) is 0.250. The minimum Gasteiger partial charge on any atom is -0.472 e. The van der Waals surface area contributed by atoms with Gasteiger partial charge in [0.25, 0.3) is 5.91 Å². The van der Waals surface area contributed by atoms with Crippen molar-refractivity contribution in [2.45, 2.75) is 12.5 Å². The number of hydrogen-bond acceptors (Lipinski definition) is 3. The Kier molecular flexibility index (Phi) is 4.97. The van der Waals surface area contributed by atoms with Crippen LogP contribution >= 0.6 is 38.5 Å². The van der Waals surface area contributed by atoms with Gasteiger partial charge in [-0.15, -0.1) is 0 Å². The molecular formula is C16H14BrIN2O2. The summed E-state index contributed by atoms with van der Waals surface area (Å²) in [6.45, 7) is 1.30. The van der Waals surface area contributed by atoms with Gasteiger partial charge in [-0.2, -0.15) is 0 Å². The first-order valence-corrected chi connectivity index (χ1v) is 8.82. The van der Waals surface area contributed by atoms with Crippen molar-refractivity contribution < 1.29 is 9.53 Å². The summed E-state index contributed by atoms with van der Waals surface area (Å²) in [5, 5.41) is 0. The minimum atomic E-state index is -0.0158. The van der Waals surface area contributed by atoms with E-state index in [1.165, 1.54) is 0 Å². The smallest absolute Gasteiger partial charge is 0.254 e. The Balaban J connectivity index is 1.65. The maximum atomic E-state index is 12.5. The van der Waals surface area contributed by atoms with Crippen molar-refractivity contribution in [1.82, 2.24) is 9.88 Å². The highest BCUT2D eigenvalue weighted by molar-refractivity contribution is 14.1. The van der Waals surface area contributed by atoms with Crippen LogP contribution in [0, 0.1) is 3.57 Å². The molecule has 0 aliphatic carbocycles. The van der Waals surface area contributed by atoms with Crippen LogP contribution in [-0.4, -0.2) is 35.0 Å². The number of amides is 1. The summed E-state index contributed by atoms with van der Waals surface area (Å²) in [5.74, 6) is 0.640. The number of halogens is 2. The second-order valence-electron chi connectivity index (χ2n) is 5.08. The summed E-state index contributed by atoms with van der Waals surface area (Å²) in [6.07, 6.45) is 2.50. The predicted molar refractivity (Wildman–Crippen MR) is 96.0 cm³/mol. The molecule has 2 aromatic rings. The first kappa shape index (κ1) is 15.7. The molecule has 0 saturated carbocycles. The van der Waals surface area contributed by atoms with Gasteiger partial charge in [0.2, 0.25) is 5.88 Å². The SMILES string of the molecule is O=C(c1cccc(I)c1)N1CCC(Oc2ncccc2Br)C1. The van der Waals surface area contributed by atoms with Gasteiger partial charge >= 0.3 is 0 Å². The molecule has 1 unspecified atom stereocenters. The molecule has 1 atom stereocenters. The van der Waals surface area contributed by atoms with Crippen molar-refractivity contribution in [3.05, 3.63) is 56.2 Å². The number of hydrogen-bond donors (Lipinski definition) is 0. The predicted octanol–water partition coefficient (Wildman–Crippen LogP) is 3.74. The number of rotatable bonds is 3. The fourth-order valence-electron chi connectivity index (χ4n) is 2.43. The van der Waals surface area contributed by atoms with E-state index in [0.29, 0.717) is 19.0 Å². The number of nitrogens with zero attached hydrogens (tertiary/aromatic N) is 2. The van der Waals surface area contributed by atoms with Crippen molar-refractivity contribution >= 4 is 44.4 Å². The first-order valence-electron chi connectivity index (χ1n) is 6.95. The van der Waals surface area contributed by atoms with Gasteiger partial charge in [0.15, 0.2) is 0 Å². The third-order valence-electron chi connectivity index (χ3n) is 3.51. The van der Waals surface area contributed by atoms with Crippen molar-refractivity contribution in [3.63, 3.8) is 0 Å². The molecule has 6 heteroatoms. The lowest BCUT2D eigenvalue weighted by atomic mass is 10.2. The molecule has 0 bridgehead atoms. The quantitative estimate of drug-likeness (QED) is 0.639. The summed E-state index contributed by atoms with van der Waals surface area (Å²) >= 11 is 5.64. The van der Waals surface area contributed by atoms with E-state index in [1.807, 2.05) is 41.3 Å². The lowest BCUT2D eigenvalue weighted by molar-refractivity contribution is 0.0771. The van der Waals surface area contributed by atoms with E-state index in [-0.39, 0.29) is 12.0 Å². The largest absolute Gasteiger partial charge is 0.472 e. The molecule has 1 aromatic heterocycles. The molecule has 0 spiro atoms. The van der Waals surface area contributed by atoms with Gasteiger partial charge in [-0.3, -0.25) is 4.79 Å². The molecule has 0 radical (unpaired) electrons. The topological polar surface area (TPSA) is 42.4 Å². The van der Waals surface area contributed by atoms with E-state index in [4.69, 9.17) is 4.74 Å². The van der Waals surface area contributed by atoms with Crippen LogP contribution in [0.1, 0.15) is 16.8 Å². The summed E-state index contributed by atoms with van der Waals surface area (Å²) in [6, 6.07) is 11.4. The van der Waals surface area contributed by atoms with Crippen LogP contribution in [0.3, 0.4) is 0 Å². The van der Waals surface area contributed by atoms with Crippen molar-refractivity contribution in [3.8, 4) is 5.88 Å². The van der Waals surface area contributed by atoms with E-state index in [9.17, 15) is 4.79 Å². The summed E-state index contributed by atoms with van der Waals surface area (Å²) in [4.78, 5) is 18.6. The zero-order chi connectivity index (χ0) is 15.5. The van der Waals surface area contributed by atoms with Gasteiger partial charge < -0.3 is 9.64 Å². The number of carbonyl (C=O) groups is 1.